The van der Waals surface area contributed by atoms with Gasteiger partial charge in [-0.15, -0.1) is 0 Å². The summed E-state index contributed by atoms with van der Waals surface area (Å²) in [5.41, 5.74) is 0. The molecule has 0 aliphatic heterocycles. The summed E-state index contributed by atoms with van der Waals surface area (Å²) in [6.07, 6.45) is 89.7. The van der Waals surface area contributed by atoms with E-state index in [1.54, 1.807) is 0 Å². The molecule has 446 valence electrons. The van der Waals surface area contributed by atoms with Gasteiger partial charge in [0.2, 0.25) is 0 Å². The number of allylic oxidation sites excluding steroid dienone is 18. The Bertz CT molecular complexity index is 1570. The maximum absolute atomic E-state index is 12.9. The molecule has 0 aromatic heterocycles. The molecule has 0 spiro atoms. The van der Waals surface area contributed by atoms with Crippen molar-refractivity contribution >= 4 is 17.9 Å². The zero-order valence-electron chi connectivity index (χ0n) is 51.2. The molecule has 78 heavy (non-hydrogen) atoms. The normalized spacial score (nSPS) is 12.8. The van der Waals surface area contributed by atoms with Crippen LogP contribution in [0, 0.1) is 0 Å². The molecule has 0 aliphatic rings. The van der Waals surface area contributed by atoms with E-state index >= 15 is 0 Å². The van der Waals surface area contributed by atoms with Crippen molar-refractivity contribution in [3.8, 4) is 0 Å². The Morgan fingerprint density at radius 3 is 0.795 bits per heavy atom. The minimum absolute atomic E-state index is 0.0815. The van der Waals surface area contributed by atoms with Crippen LogP contribution in [0.4, 0.5) is 0 Å². The molecule has 0 heterocycles. The standard InChI is InChI=1S/C72H122O6/c1-4-7-10-13-16-19-22-24-26-28-30-32-34-36-38-40-42-44-46-48-50-53-56-59-62-65-71(74)77-68-69(67-76-70(73)64-61-58-55-52-21-18-15-12-9-6-3)78-72(75)66-63-60-57-54-51-49-47-45-43-41-39-37-35-33-31-29-27-25-23-20-17-14-11-8-5-2/h7-8,10-12,15-17,19-20,24-27,30-33,69H,4-6,9,13-14,18,21-23,28-29,34-68H2,1-3H3/b10-7-,11-8-,15-12-,19-16-,20-17-,26-24-,27-25-,32-30-,33-31-. The quantitative estimate of drug-likeness (QED) is 0.0261. The molecular weight excluding hydrogens is 961 g/mol. The fourth-order valence-corrected chi connectivity index (χ4v) is 9.14. The van der Waals surface area contributed by atoms with Gasteiger partial charge < -0.3 is 14.2 Å². The molecule has 0 rings (SSSR count). The lowest BCUT2D eigenvalue weighted by Crippen LogP contribution is -2.30. The molecule has 0 saturated heterocycles. The average Bonchev–Trinajstić information content (AvgIpc) is 3.44. The molecule has 0 fully saturated rings. The molecule has 6 nitrogen and oxygen atoms in total. The third kappa shape index (κ3) is 62.9. The minimum atomic E-state index is -0.785. The first kappa shape index (κ1) is 74.1. The van der Waals surface area contributed by atoms with Gasteiger partial charge in [-0.3, -0.25) is 14.4 Å². The minimum Gasteiger partial charge on any atom is -0.462 e. The summed E-state index contributed by atoms with van der Waals surface area (Å²) in [6.45, 7) is 6.37. The van der Waals surface area contributed by atoms with Crippen molar-refractivity contribution in [3.05, 3.63) is 109 Å². The van der Waals surface area contributed by atoms with Crippen LogP contribution < -0.4 is 0 Å². The Hall–Kier alpha value is -3.93. The van der Waals surface area contributed by atoms with E-state index in [9.17, 15) is 14.4 Å². The van der Waals surface area contributed by atoms with Gasteiger partial charge in [-0.2, -0.15) is 0 Å². The second-order valence-corrected chi connectivity index (χ2v) is 21.6. The van der Waals surface area contributed by atoms with E-state index in [4.69, 9.17) is 14.2 Å². The number of ether oxygens (including phenoxy) is 3. The largest absolute Gasteiger partial charge is 0.462 e. The van der Waals surface area contributed by atoms with Crippen LogP contribution in [0.2, 0.25) is 0 Å². The molecule has 0 radical (unpaired) electrons. The number of hydrogen-bond donors (Lipinski definition) is 0. The smallest absolute Gasteiger partial charge is 0.306 e. The van der Waals surface area contributed by atoms with Crippen molar-refractivity contribution < 1.29 is 28.6 Å². The molecule has 0 aromatic carbocycles. The average molecular weight is 1080 g/mol. The zero-order chi connectivity index (χ0) is 56.4. The van der Waals surface area contributed by atoms with Crippen LogP contribution in [0.3, 0.4) is 0 Å². The first-order valence-corrected chi connectivity index (χ1v) is 32.9. The lowest BCUT2D eigenvalue weighted by Gasteiger charge is -2.18. The fourth-order valence-electron chi connectivity index (χ4n) is 9.14. The van der Waals surface area contributed by atoms with E-state index in [1.165, 1.54) is 148 Å². The molecule has 1 unspecified atom stereocenters. The maximum Gasteiger partial charge on any atom is 0.306 e. The van der Waals surface area contributed by atoms with Crippen molar-refractivity contribution in [2.24, 2.45) is 0 Å². The van der Waals surface area contributed by atoms with Crippen molar-refractivity contribution in [1.29, 1.82) is 0 Å². The Labute approximate surface area is 482 Å². The first-order chi connectivity index (χ1) is 38.5. The topological polar surface area (TPSA) is 78.9 Å². The molecule has 0 aliphatic carbocycles. The Balaban J connectivity index is 4.23. The number of unbranched alkanes of at least 4 members (excludes halogenated alkanes) is 30. The van der Waals surface area contributed by atoms with Gasteiger partial charge in [0.1, 0.15) is 13.2 Å². The number of rotatable bonds is 59. The molecular formula is C72H122O6. The highest BCUT2D eigenvalue weighted by Gasteiger charge is 2.19. The highest BCUT2D eigenvalue weighted by Crippen LogP contribution is 2.17. The monoisotopic (exact) mass is 1080 g/mol. The summed E-state index contributed by atoms with van der Waals surface area (Å²) in [5, 5.41) is 0. The molecule has 0 N–H and O–H groups in total. The first-order valence-electron chi connectivity index (χ1n) is 32.9. The van der Waals surface area contributed by atoms with Crippen LogP contribution in [0.25, 0.3) is 0 Å². The van der Waals surface area contributed by atoms with Crippen molar-refractivity contribution in [2.45, 2.75) is 316 Å². The van der Waals surface area contributed by atoms with Crippen LogP contribution in [0.15, 0.2) is 109 Å². The third-order valence-corrected chi connectivity index (χ3v) is 14.0. The van der Waals surface area contributed by atoms with Crippen LogP contribution >= 0.6 is 0 Å². The van der Waals surface area contributed by atoms with E-state index < -0.39 is 6.10 Å². The van der Waals surface area contributed by atoms with E-state index in [-0.39, 0.29) is 31.1 Å². The SMILES string of the molecule is CC/C=C\C/C=C\C/C=C\C/C=C\CCCCCCCCCCCCCCC(=O)OCC(COC(=O)CCCCCCC/C=C\CCC)OC(=O)CCCCCCCCCCCCCC/C=C\C/C=C\C/C=C\C/C=C\CC. The summed E-state index contributed by atoms with van der Waals surface area (Å²) in [5.74, 6) is -0.888. The highest BCUT2D eigenvalue weighted by molar-refractivity contribution is 5.71. The van der Waals surface area contributed by atoms with E-state index in [2.05, 4.69) is 130 Å². The predicted molar refractivity (Wildman–Crippen MR) is 339 cm³/mol. The Morgan fingerprint density at radius 1 is 0.269 bits per heavy atom. The summed E-state index contributed by atoms with van der Waals surface area (Å²) in [6, 6.07) is 0. The number of carbonyl (C=O) groups is 3. The van der Waals surface area contributed by atoms with Crippen LogP contribution in [0.5, 0.6) is 0 Å². The number of carbonyl (C=O) groups excluding carboxylic acids is 3. The molecule has 0 aromatic rings. The Morgan fingerprint density at radius 2 is 0.500 bits per heavy atom. The van der Waals surface area contributed by atoms with Crippen molar-refractivity contribution in [3.63, 3.8) is 0 Å². The van der Waals surface area contributed by atoms with Gasteiger partial charge in [0.25, 0.3) is 0 Å². The van der Waals surface area contributed by atoms with Crippen molar-refractivity contribution in [1.82, 2.24) is 0 Å². The predicted octanol–water partition coefficient (Wildman–Crippen LogP) is 22.6. The molecule has 6 heteroatoms. The summed E-state index contributed by atoms with van der Waals surface area (Å²) < 4.78 is 16.9. The van der Waals surface area contributed by atoms with E-state index in [0.29, 0.717) is 19.3 Å². The van der Waals surface area contributed by atoms with Gasteiger partial charge in [-0.05, 0) is 116 Å². The zero-order valence-corrected chi connectivity index (χ0v) is 51.2. The lowest BCUT2D eigenvalue weighted by molar-refractivity contribution is -0.167. The molecule has 0 bridgehead atoms. The van der Waals surface area contributed by atoms with Gasteiger partial charge in [-0.1, -0.05) is 284 Å². The van der Waals surface area contributed by atoms with Gasteiger partial charge in [-0.25, -0.2) is 0 Å². The molecule has 0 amide bonds. The van der Waals surface area contributed by atoms with Gasteiger partial charge in [0.05, 0.1) is 0 Å². The second kappa shape index (κ2) is 65.6. The molecule has 0 saturated carbocycles. The highest BCUT2D eigenvalue weighted by atomic mass is 16.6. The van der Waals surface area contributed by atoms with Crippen molar-refractivity contribution in [2.75, 3.05) is 13.2 Å². The fraction of sp³-hybridized carbons (Fsp3) is 0.708. The summed E-state index contributed by atoms with van der Waals surface area (Å²) in [4.78, 5) is 38.3. The van der Waals surface area contributed by atoms with Crippen LogP contribution in [-0.4, -0.2) is 37.2 Å². The number of hydrogen-bond acceptors (Lipinski definition) is 6. The van der Waals surface area contributed by atoms with Gasteiger partial charge in [0.15, 0.2) is 6.10 Å². The summed E-state index contributed by atoms with van der Waals surface area (Å²) in [7, 11) is 0. The molecule has 1 atom stereocenters. The van der Waals surface area contributed by atoms with E-state index in [1.807, 2.05) is 0 Å². The van der Waals surface area contributed by atoms with Gasteiger partial charge >= 0.3 is 17.9 Å². The lowest BCUT2D eigenvalue weighted by atomic mass is 10.0. The van der Waals surface area contributed by atoms with Gasteiger partial charge in [0, 0.05) is 19.3 Å². The Kier molecular flexibility index (Phi) is 62.3. The van der Waals surface area contributed by atoms with E-state index in [0.717, 1.165) is 122 Å². The second-order valence-electron chi connectivity index (χ2n) is 21.6. The number of esters is 3. The van der Waals surface area contributed by atoms with Crippen LogP contribution in [-0.2, 0) is 28.6 Å². The summed E-state index contributed by atoms with van der Waals surface area (Å²) >= 11 is 0. The third-order valence-electron chi connectivity index (χ3n) is 14.0. The maximum atomic E-state index is 12.9. The van der Waals surface area contributed by atoms with Crippen LogP contribution in [0.1, 0.15) is 310 Å².